The van der Waals surface area contributed by atoms with E-state index in [1.165, 1.54) is 5.56 Å². The molecule has 1 aliphatic heterocycles. The summed E-state index contributed by atoms with van der Waals surface area (Å²) in [6, 6.07) is 8.17. The molecule has 2 nitrogen and oxygen atoms in total. The molecule has 68 valence electrons. The number of hydrogen-bond donors (Lipinski definition) is 0. The van der Waals surface area contributed by atoms with Crippen molar-refractivity contribution in [1.82, 2.24) is 4.90 Å². The Kier molecular flexibility index (Phi) is 1.83. The standard InChI is InChI=1S/C11H13NO/c1-8-7-9-5-3-4-6-10(9)11(13)12(8)2/h3-6,8H,7H2,1-2H3. The molecule has 0 saturated heterocycles. The van der Waals surface area contributed by atoms with Crippen molar-refractivity contribution < 1.29 is 4.79 Å². The maximum absolute atomic E-state index is 11.8. The summed E-state index contributed by atoms with van der Waals surface area (Å²) in [4.78, 5) is 13.6. The molecule has 0 saturated carbocycles. The molecule has 1 aliphatic rings. The van der Waals surface area contributed by atoms with Crippen molar-refractivity contribution in [3.8, 4) is 0 Å². The Morgan fingerprint density at radius 3 is 2.85 bits per heavy atom. The first-order valence-corrected chi connectivity index (χ1v) is 4.55. The number of benzene rings is 1. The number of hydrogen-bond acceptors (Lipinski definition) is 1. The van der Waals surface area contributed by atoms with Crippen LogP contribution in [0.2, 0.25) is 0 Å². The van der Waals surface area contributed by atoms with Crippen LogP contribution >= 0.6 is 0 Å². The van der Waals surface area contributed by atoms with Gasteiger partial charge in [0.1, 0.15) is 0 Å². The molecule has 0 spiro atoms. The first kappa shape index (κ1) is 8.30. The van der Waals surface area contributed by atoms with E-state index in [1.807, 2.05) is 36.2 Å². The van der Waals surface area contributed by atoms with Crippen LogP contribution in [-0.4, -0.2) is 23.9 Å². The molecular formula is C11H13NO. The number of carbonyl (C=O) groups is 1. The topological polar surface area (TPSA) is 20.3 Å². The zero-order valence-corrected chi connectivity index (χ0v) is 7.95. The number of nitrogens with zero attached hydrogens (tertiary/aromatic N) is 1. The van der Waals surface area contributed by atoms with E-state index in [2.05, 4.69) is 6.92 Å². The normalized spacial score (nSPS) is 21.5. The lowest BCUT2D eigenvalue weighted by Gasteiger charge is -2.31. The summed E-state index contributed by atoms with van der Waals surface area (Å²) < 4.78 is 0. The van der Waals surface area contributed by atoms with E-state index in [0.717, 1.165) is 12.0 Å². The Bertz CT molecular complexity index is 346. The van der Waals surface area contributed by atoms with Crippen molar-refractivity contribution in [1.29, 1.82) is 0 Å². The molecule has 1 aromatic rings. The molecule has 1 unspecified atom stereocenters. The van der Waals surface area contributed by atoms with Gasteiger partial charge in [-0.3, -0.25) is 4.79 Å². The predicted molar refractivity (Wildman–Crippen MR) is 51.7 cm³/mol. The second-order valence-electron chi connectivity index (χ2n) is 3.63. The Morgan fingerprint density at radius 1 is 1.38 bits per heavy atom. The minimum absolute atomic E-state index is 0.148. The lowest BCUT2D eigenvalue weighted by atomic mass is 9.95. The van der Waals surface area contributed by atoms with Gasteiger partial charge in [0.05, 0.1) is 0 Å². The van der Waals surface area contributed by atoms with Crippen LogP contribution in [0.4, 0.5) is 0 Å². The smallest absolute Gasteiger partial charge is 0.254 e. The summed E-state index contributed by atoms with van der Waals surface area (Å²) in [7, 11) is 1.86. The highest BCUT2D eigenvalue weighted by Gasteiger charge is 2.25. The summed E-state index contributed by atoms with van der Waals surface area (Å²) in [5.41, 5.74) is 2.04. The van der Waals surface area contributed by atoms with Crippen molar-refractivity contribution in [2.45, 2.75) is 19.4 Å². The summed E-state index contributed by atoms with van der Waals surface area (Å²) in [5.74, 6) is 0.148. The fourth-order valence-electron chi connectivity index (χ4n) is 1.75. The lowest BCUT2D eigenvalue weighted by Crippen LogP contribution is -2.40. The molecule has 0 aromatic heterocycles. The molecule has 0 N–H and O–H groups in total. The van der Waals surface area contributed by atoms with Crippen LogP contribution < -0.4 is 0 Å². The average molecular weight is 175 g/mol. The third kappa shape index (κ3) is 1.22. The molecule has 1 aromatic carbocycles. The van der Waals surface area contributed by atoms with E-state index >= 15 is 0 Å². The molecule has 0 fully saturated rings. The maximum atomic E-state index is 11.8. The highest BCUT2D eigenvalue weighted by Crippen LogP contribution is 2.21. The third-order valence-electron chi connectivity index (χ3n) is 2.74. The summed E-state index contributed by atoms with van der Waals surface area (Å²) in [5, 5.41) is 0. The van der Waals surface area contributed by atoms with Gasteiger partial charge in [-0.1, -0.05) is 18.2 Å². The largest absolute Gasteiger partial charge is 0.339 e. The van der Waals surface area contributed by atoms with Crippen molar-refractivity contribution in [3.05, 3.63) is 35.4 Å². The summed E-state index contributed by atoms with van der Waals surface area (Å²) in [6.07, 6.45) is 0.971. The maximum Gasteiger partial charge on any atom is 0.254 e. The minimum atomic E-state index is 0.148. The van der Waals surface area contributed by atoms with Gasteiger partial charge in [-0.15, -0.1) is 0 Å². The molecule has 1 atom stereocenters. The van der Waals surface area contributed by atoms with Gasteiger partial charge in [-0.25, -0.2) is 0 Å². The molecule has 2 rings (SSSR count). The average Bonchev–Trinajstić information content (AvgIpc) is 2.15. The van der Waals surface area contributed by atoms with Gasteiger partial charge in [0.15, 0.2) is 0 Å². The van der Waals surface area contributed by atoms with Gasteiger partial charge in [0.25, 0.3) is 5.91 Å². The van der Waals surface area contributed by atoms with Crippen LogP contribution in [0.5, 0.6) is 0 Å². The zero-order valence-electron chi connectivity index (χ0n) is 7.95. The molecule has 0 radical (unpaired) electrons. The van der Waals surface area contributed by atoms with Gasteiger partial charge >= 0.3 is 0 Å². The van der Waals surface area contributed by atoms with Crippen LogP contribution in [0.15, 0.2) is 24.3 Å². The van der Waals surface area contributed by atoms with Crippen LogP contribution in [0, 0.1) is 0 Å². The van der Waals surface area contributed by atoms with E-state index in [0.29, 0.717) is 6.04 Å². The first-order valence-electron chi connectivity index (χ1n) is 4.55. The van der Waals surface area contributed by atoms with Gasteiger partial charge < -0.3 is 4.90 Å². The van der Waals surface area contributed by atoms with Crippen molar-refractivity contribution in [3.63, 3.8) is 0 Å². The van der Waals surface area contributed by atoms with E-state index in [9.17, 15) is 4.79 Å². The van der Waals surface area contributed by atoms with Crippen molar-refractivity contribution in [2.24, 2.45) is 0 Å². The number of fused-ring (bicyclic) bond motifs is 1. The summed E-state index contributed by atoms with van der Waals surface area (Å²) >= 11 is 0. The van der Waals surface area contributed by atoms with Gasteiger partial charge in [-0.2, -0.15) is 0 Å². The highest BCUT2D eigenvalue weighted by molar-refractivity contribution is 5.96. The Hall–Kier alpha value is -1.31. The molecule has 2 heteroatoms. The molecule has 0 aliphatic carbocycles. The lowest BCUT2D eigenvalue weighted by molar-refractivity contribution is 0.0721. The highest BCUT2D eigenvalue weighted by atomic mass is 16.2. The number of likely N-dealkylation sites (N-methyl/N-ethyl adjacent to an activating group) is 1. The zero-order chi connectivity index (χ0) is 9.42. The molecule has 1 heterocycles. The summed E-state index contributed by atoms with van der Waals surface area (Å²) in [6.45, 7) is 2.08. The molecular weight excluding hydrogens is 162 g/mol. The van der Waals surface area contributed by atoms with Gasteiger partial charge in [-0.05, 0) is 25.0 Å². The second kappa shape index (κ2) is 2.87. The molecule has 13 heavy (non-hydrogen) atoms. The van der Waals surface area contributed by atoms with Crippen LogP contribution in [0.25, 0.3) is 0 Å². The van der Waals surface area contributed by atoms with Gasteiger partial charge in [0.2, 0.25) is 0 Å². The van der Waals surface area contributed by atoms with Crippen LogP contribution in [-0.2, 0) is 6.42 Å². The Balaban J connectivity index is 2.49. The molecule has 0 bridgehead atoms. The fraction of sp³-hybridized carbons (Fsp3) is 0.364. The SMILES string of the molecule is CC1Cc2ccccc2C(=O)N1C. The molecule has 1 amide bonds. The van der Waals surface area contributed by atoms with Crippen molar-refractivity contribution in [2.75, 3.05) is 7.05 Å². The van der Waals surface area contributed by atoms with E-state index in [1.54, 1.807) is 0 Å². The number of rotatable bonds is 0. The van der Waals surface area contributed by atoms with Crippen LogP contribution in [0.1, 0.15) is 22.8 Å². The van der Waals surface area contributed by atoms with Crippen molar-refractivity contribution >= 4 is 5.91 Å². The number of amides is 1. The third-order valence-corrected chi connectivity index (χ3v) is 2.74. The quantitative estimate of drug-likeness (QED) is 0.587. The van der Waals surface area contributed by atoms with Crippen LogP contribution in [0.3, 0.4) is 0 Å². The monoisotopic (exact) mass is 175 g/mol. The Labute approximate surface area is 78.2 Å². The Morgan fingerprint density at radius 2 is 2.08 bits per heavy atom. The first-order chi connectivity index (χ1) is 6.20. The minimum Gasteiger partial charge on any atom is -0.339 e. The van der Waals surface area contributed by atoms with Gasteiger partial charge in [0, 0.05) is 18.7 Å². The fourth-order valence-corrected chi connectivity index (χ4v) is 1.75. The van der Waals surface area contributed by atoms with E-state index < -0.39 is 0 Å². The predicted octanol–water partition coefficient (Wildman–Crippen LogP) is 1.70. The second-order valence-corrected chi connectivity index (χ2v) is 3.63. The number of carbonyl (C=O) groups excluding carboxylic acids is 1. The van der Waals surface area contributed by atoms with E-state index in [4.69, 9.17) is 0 Å². The van der Waals surface area contributed by atoms with E-state index in [-0.39, 0.29) is 5.91 Å².